The number of phenolic OH excluding ortho intramolecular Hbond substituents is 1. The number of esters is 2. The molecule has 0 fully saturated rings. The summed E-state index contributed by atoms with van der Waals surface area (Å²) in [6, 6.07) is 6.55. The zero-order valence-electron chi connectivity index (χ0n) is 19.8. The summed E-state index contributed by atoms with van der Waals surface area (Å²) in [5.74, 6) is -1.62. The number of fused-ring (bicyclic) bond motifs is 5. The Kier molecular flexibility index (Phi) is 5.42. The van der Waals surface area contributed by atoms with Gasteiger partial charge in [-0.2, -0.15) is 0 Å². The number of pyridine rings is 2. The van der Waals surface area contributed by atoms with E-state index in [0.29, 0.717) is 23.3 Å². The van der Waals surface area contributed by atoms with Gasteiger partial charge in [-0.3, -0.25) is 9.59 Å². The van der Waals surface area contributed by atoms with Gasteiger partial charge in [0.05, 0.1) is 36.1 Å². The second-order valence-electron chi connectivity index (χ2n) is 8.71. The van der Waals surface area contributed by atoms with E-state index in [1.165, 1.54) is 6.92 Å². The van der Waals surface area contributed by atoms with Gasteiger partial charge in [-0.15, -0.1) is 0 Å². The molecular weight excluding hydrogens is 470 g/mol. The van der Waals surface area contributed by atoms with Gasteiger partial charge in [0, 0.05) is 16.5 Å². The molecule has 0 aliphatic carbocycles. The van der Waals surface area contributed by atoms with E-state index in [-0.39, 0.29) is 35.6 Å². The molecule has 2 aliphatic rings. The molecule has 2 aliphatic heterocycles. The summed E-state index contributed by atoms with van der Waals surface area (Å²) in [6.07, 6.45) is -0.188. The molecule has 1 amide bonds. The third-order valence-electron chi connectivity index (χ3n) is 6.63. The molecule has 0 unspecified atom stereocenters. The van der Waals surface area contributed by atoms with E-state index in [4.69, 9.17) is 14.5 Å². The predicted octanol–water partition coefficient (Wildman–Crippen LogP) is 1.86. The van der Waals surface area contributed by atoms with E-state index in [0.717, 1.165) is 23.6 Å². The highest BCUT2D eigenvalue weighted by molar-refractivity contribution is 5.90. The Morgan fingerprint density at radius 3 is 2.75 bits per heavy atom. The zero-order valence-corrected chi connectivity index (χ0v) is 19.8. The quantitative estimate of drug-likeness (QED) is 0.321. The number of nitrogens with one attached hydrogen (secondary N) is 1. The minimum Gasteiger partial charge on any atom is -0.508 e. The number of nitrogens with zero attached hydrogens (tertiary/aromatic N) is 2. The number of rotatable bonds is 4. The van der Waals surface area contributed by atoms with Crippen LogP contribution in [-0.4, -0.2) is 46.3 Å². The van der Waals surface area contributed by atoms with Crippen molar-refractivity contribution in [1.29, 1.82) is 0 Å². The van der Waals surface area contributed by atoms with Gasteiger partial charge in [0.25, 0.3) is 5.56 Å². The lowest BCUT2D eigenvalue weighted by atomic mass is 9.89. The minimum atomic E-state index is -1.91. The number of carbonyl (C=O) groups is 3. The number of aromatic hydroxyl groups is 1. The highest BCUT2D eigenvalue weighted by atomic mass is 16.6. The Labute approximate surface area is 204 Å². The standard InChI is InChI=1S/C25H23N3O8/c1-4-13-14-7-12(29)5-6-18(14)27-21-15(13)10-28-19(21)8-17-16(22(28)31)11-35-23(32)25(17,2)36-20(30)9-26-24(33)34-3/h5-8,29H,4,9-11H2,1-3H3,(H,26,33)/t25-/m0/s1. The summed E-state index contributed by atoms with van der Waals surface area (Å²) >= 11 is 0. The summed E-state index contributed by atoms with van der Waals surface area (Å²) in [5, 5.41) is 13.0. The largest absolute Gasteiger partial charge is 0.508 e. The van der Waals surface area contributed by atoms with E-state index in [9.17, 15) is 24.3 Å². The fourth-order valence-electron chi connectivity index (χ4n) is 4.87. The number of hydrogen-bond donors (Lipinski definition) is 2. The van der Waals surface area contributed by atoms with Crippen LogP contribution < -0.4 is 10.9 Å². The summed E-state index contributed by atoms with van der Waals surface area (Å²) in [7, 11) is 1.15. The highest BCUT2D eigenvalue weighted by Gasteiger charge is 2.48. The van der Waals surface area contributed by atoms with Crippen LogP contribution in [0.1, 0.15) is 36.1 Å². The summed E-state index contributed by atoms with van der Waals surface area (Å²) in [4.78, 5) is 54.9. The van der Waals surface area contributed by atoms with Crippen LogP contribution in [0.2, 0.25) is 0 Å². The van der Waals surface area contributed by atoms with Crippen molar-refractivity contribution in [3.63, 3.8) is 0 Å². The van der Waals surface area contributed by atoms with Crippen molar-refractivity contribution < 1.29 is 33.7 Å². The molecule has 1 atom stereocenters. The number of ether oxygens (including phenoxy) is 3. The number of benzene rings is 1. The first-order chi connectivity index (χ1) is 17.2. The second kappa shape index (κ2) is 8.36. The molecule has 0 radical (unpaired) electrons. The first-order valence-electron chi connectivity index (χ1n) is 11.3. The van der Waals surface area contributed by atoms with Crippen molar-refractivity contribution in [3.05, 3.63) is 56.9 Å². The van der Waals surface area contributed by atoms with E-state index in [1.54, 1.807) is 28.8 Å². The number of alkyl carbamates (subject to hydrolysis) is 1. The van der Waals surface area contributed by atoms with Gasteiger partial charge >= 0.3 is 18.0 Å². The van der Waals surface area contributed by atoms with Gasteiger partial charge in [-0.25, -0.2) is 14.6 Å². The first-order valence-corrected chi connectivity index (χ1v) is 11.3. The van der Waals surface area contributed by atoms with Crippen LogP contribution in [-0.2, 0) is 49.0 Å². The maximum Gasteiger partial charge on any atom is 0.407 e. The topological polar surface area (TPSA) is 146 Å². The maximum atomic E-state index is 13.5. The molecule has 2 aromatic heterocycles. The molecule has 5 rings (SSSR count). The van der Waals surface area contributed by atoms with Crippen LogP contribution in [0.4, 0.5) is 4.79 Å². The molecule has 0 spiro atoms. The Morgan fingerprint density at radius 2 is 2.03 bits per heavy atom. The van der Waals surface area contributed by atoms with E-state index in [2.05, 4.69) is 10.1 Å². The lowest BCUT2D eigenvalue weighted by molar-refractivity contribution is -0.185. The Hall–Kier alpha value is -4.41. The molecular formula is C25H23N3O8. The Balaban J connectivity index is 1.64. The Morgan fingerprint density at radius 1 is 1.25 bits per heavy atom. The molecule has 4 heterocycles. The van der Waals surface area contributed by atoms with Crippen LogP contribution in [0.5, 0.6) is 5.75 Å². The van der Waals surface area contributed by atoms with Crippen molar-refractivity contribution in [2.75, 3.05) is 13.7 Å². The number of carbonyl (C=O) groups excluding carboxylic acids is 3. The van der Waals surface area contributed by atoms with Gasteiger partial charge in [0.15, 0.2) is 0 Å². The molecule has 0 saturated carbocycles. The smallest absolute Gasteiger partial charge is 0.407 e. The minimum absolute atomic E-state index is 0.122. The highest BCUT2D eigenvalue weighted by Crippen LogP contribution is 2.40. The molecule has 2 N–H and O–H groups in total. The number of cyclic esters (lactones) is 1. The van der Waals surface area contributed by atoms with Gasteiger partial charge in [-0.05, 0) is 43.2 Å². The van der Waals surface area contributed by atoms with Crippen LogP contribution in [0.3, 0.4) is 0 Å². The van der Waals surface area contributed by atoms with Crippen molar-refractivity contribution in [1.82, 2.24) is 14.9 Å². The van der Waals surface area contributed by atoms with Crippen LogP contribution in [0.25, 0.3) is 22.3 Å². The lowest BCUT2D eigenvalue weighted by Gasteiger charge is -2.33. The fraction of sp³-hybridized carbons (Fsp3) is 0.320. The third kappa shape index (κ3) is 3.46. The number of aryl methyl sites for hydroxylation is 1. The average Bonchev–Trinajstić information content (AvgIpc) is 3.22. The van der Waals surface area contributed by atoms with Crippen LogP contribution >= 0.6 is 0 Å². The van der Waals surface area contributed by atoms with Crippen LogP contribution in [0, 0.1) is 0 Å². The van der Waals surface area contributed by atoms with Crippen molar-refractivity contribution in [3.8, 4) is 17.1 Å². The number of phenols is 1. The van der Waals surface area contributed by atoms with Crippen molar-refractivity contribution in [2.24, 2.45) is 0 Å². The number of hydrogen-bond acceptors (Lipinski definition) is 9. The van der Waals surface area contributed by atoms with Gasteiger partial charge in [0.2, 0.25) is 5.60 Å². The normalized spacial score (nSPS) is 17.6. The maximum absolute atomic E-state index is 13.5. The Bertz CT molecular complexity index is 1530. The molecule has 36 heavy (non-hydrogen) atoms. The van der Waals surface area contributed by atoms with E-state index < -0.39 is 30.2 Å². The summed E-state index contributed by atoms with van der Waals surface area (Å²) in [5.41, 5.74) is 1.67. The molecule has 3 aromatic rings. The van der Waals surface area contributed by atoms with Crippen LogP contribution in [0.15, 0.2) is 29.1 Å². The number of aromatic nitrogens is 2. The van der Waals surface area contributed by atoms with Gasteiger partial charge in [0.1, 0.15) is 18.9 Å². The van der Waals surface area contributed by atoms with Gasteiger partial charge < -0.3 is 29.2 Å². The lowest BCUT2D eigenvalue weighted by Crippen LogP contribution is -2.47. The third-order valence-corrected chi connectivity index (χ3v) is 6.63. The van der Waals surface area contributed by atoms with Gasteiger partial charge in [-0.1, -0.05) is 6.92 Å². The van der Waals surface area contributed by atoms with E-state index in [1.807, 2.05) is 6.92 Å². The fourth-order valence-corrected chi connectivity index (χ4v) is 4.87. The molecule has 1 aromatic carbocycles. The summed E-state index contributed by atoms with van der Waals surface area (Å²) in [6.45, 7) is 2.80. The molecule has 186 valence electrons. The van der Waals surface area contributed by atoms with Crippen molar-refractivity contribution >= 4 is 28.9 Å². The monoisotopic (exact) mass is 493 g/mol. The molecule has 11 heteroatoms. The average molecular weight is 493 g/mol. The predicted molar refractivity (Wildman–Crippen MR) is 125 cm³/mol. The molecule has 0 bridgehead atoms. The second-order valence-corrected chi connectivity index (χ2v) is 8.71. The van der Waals surface area contributed by atoms with E-state index >= 15 is 0 Å². The molecule has 0 saturated heterocycles. The van der Waals surface area contributed by atoms with Crippen molar-refractivity contribution in [2.45, 2.75) is 39.0 Å². The number of amides is 1. The number of methoxy groups -OCH3 is 1. The summed E-state index contributed by atoms with van der Waals surface area (Å²) < 4.78 is 16.7. The SMILES string of the molecule is CCc1c2c(nc3ccc(O)cc13)-c1cc3c(c(=O)n1C2)COC(=O)[C@@]3(C)OC(=O)CNC(=O)OC. The molecule has 11 nitrogen and oxygen atoms in total. The first kappa shape index (κ1) is 23.3. The zero-order chi connectivity index (χ0) is 25.8.